The Hall–Kier alpha value is -1.89. The van der Waals surface area contributed by atoms with Gasteiger partial charge in [0.15, 0.2) is 0 Å². The average Bonchev–Trinajstić information content (AvgIpc) is 2.97. The first-order valence-corrected chi connectivity index (χ1v) is 9.04. The van der Waals surface area contributed by atoms with E-state index in [0.29, 0.717) is 29.5 Å². The van der Waals surface area contributed by atoms with Crippen LogP contribution >= 0.6 is 0 Å². The van der Waals surface area contributed by atoms with Crippen LogP contribution in [0.4, 0.5) is 0 Å². The maximum atomic E-state index is 11.7. The number of rotatable bonds is 7. The Morgan fingerprint density at radius 1 is 1.40 bits per heavy atom. The Labute approximate surface area is 151 Å². The summed E-state index contributed by atoms with van der Waals surface area (Å²) >= 11 is 0. The van der Waals surface area contributed by atoms with Gasteiger partial charge in [-0.15, -0.1) is 0 Å². The molecule has 2 aliphatic heterocycles. The Morgan fingerprint density at radius 3 is 2.60 bits per heavy atom. The van der Waals surface area contributed by atoms with E-state index in [-0.39, 0.29) is 11.9 Å². The quantitative estimate of drug-likeness (QED) is 0.473. The molecule has 2 rings (SSSR count). The fraction of sp³-hybridized carbons (Fsp3) is 0.722. The zero-order chi connectivity index (χ0) is 18.4. The minimum absolute atomic E-state index is 0.00279. The average molecular weight is 348 g/mol. The van der Waals surface area contributed by atoms with Crippen LogP contribution in [-0.4, -0.2) is 62.8 Å². The van der Waals surface area contributed by atoms with Crippen molar-refractivity contribution in [3.63, 3.8) is 0 Å². The normalized spacial score (nSPS) is 20.3. The molecule has 0 unspecified atom stereocenters. The number of amides is 1. The van der Waals surface area contributed by atoms with Gasteiger partial charge in [0, 0.05) is 51.1 Å². The molecule has 0 saturated carbocycles. The molecular formula is C18H32N6O. The first-order valence-electron chi connectivity index (χ1n) is 9.04. The number of nitrogens with zero attached hydrogens (tertiary/aromatic N) is 3. The second-order valence-corrected chi connectivity index (χ2v) is 7.64. The van der Waals surface area contributed by atoms with E-state index in [4.69, 9.17) is 0 Å². The molecule has 0 aromatic heterocycles. The van der Waals surface area contributed by atoms with Crippen LogP contribution in [-0.2, 0) is 4.79 Å². The highest BCUT2D eigenvalue weighted by atomic mass is 16.1. The Bertz CT molecular complexity index is 538. The molecule has 0 aromatic rings. The highest BCUT2D eigenvalue weighted by Gasteiger charge is 2.43. The fourth-order valence-corrected chi connectivity index (χ4v) is 3.56. The molecule has 2 saturated heterocycles. The lowest BCUT2D eigenvalue weighted by atomic mass is 9.81. The highest BCUT2D eigenvalue weighted by Crippen LogP contribution is 2.34. The van der Waals surface area contributed by atoms with Crippen LogP contribution in [0.1, 0.15) is 33.1 Å². The lowest BCUT2D eigenvalue weighted by molar-refractivity contribution is -0.121. The number of guanidine groups is 1. The van der Waals surface area contributed by atoms with Crippen molar-refractivity contribution in [3.05, 3.63) is 12.4 Å². The number of likely N-dealkylation sites (tertiary alicyclic amines) is 1. The van der Waals surface area contributed by atoms with Crippen LogP contribution in [0.15, 0.2) is 22.4 Å². The number of nitrogens with one attached hydrogen (secondary N) is 3. The van der Waals surface area contributed by atoms with Gasteiger partial charge >= 0.3 is 0 Å². The van der Waals surface area contributed by atoms with E-state index in [9.17, 15) is 4.79 Å². The molecule has 7 heteroatoms. The third kappa shape index (κ3) is 5.29. The molecule has 2 fully saturated rings. The molecule has 0 bridgehead atoms. The van der Waals surface area contributed by atoms with Gasteiger partial charge in [0.05, 0.1) is 0 Å². The minimum Gasteiger partial charge on any atom is -0.367 e. The number of aliphatic imine (C=N–C) groups is 2. The van der Waals surface area contributed by atoms with E-state index in [1.807, 2.05) is 0 Å². The minimum atomic E-state index is 0.00279. The summed E-state index contributed by atoms with van der Waals surface area (Å²) in [6.45, 7) is 16.0. The number of hydrogen-bond donors (Lipinski definition) is 3. The highest BCUT2D eigenvalue weighted by molar-refractivity contribution is 5.85. The summed E-state index contributed by atoms with van der Waals surface area (Å²) in [4.78, 5) is 22.5. The van der Waals surface area contributed by atoms with Crippen LogP contribution in [0.2, 0.25) is 0 Å². The Balaban J connectivity index is 1.97. The standard InChI is InChI=1S/C18H32N6O/c1-13(2)8-15(9-16(25)19-4)22-14(3)23-17(20-5)24-7-6-18(12-24)10-21-11-18/h13,15,21-22H,3,5-12H2,1-2,4H3,(H,19,25)/b23-17+/t15-/m0/s1. The predicted octanol–water partition coefficient (Wildman–Crippen LogP) is 0.950. The van der Waals surface area contributed by atoms with Crippen molar-refractivity contribution in [1.82, 2.24) is 20.9 Å². The summed E-state index contributed by atoms with van der Waals surface area (Å²) in [5.74, 6) is 1.63. The summed E-state index contributed by atoms with van der Waals surface area (Å²) in [5, 5.41) is 9.30. The van der Waals surface area contributed by atoms with E-state index >= 15 is 0 Å². The zero-order valence-corrected chi connectivity index (χ0v) is 15.8. The smallest absolute Gasteiger partial charge is 0.226 e. The van der Waals surface area contributed by atoms with E-state index in [0.717, 1.165) is 39.0 Å². The molecular weight excluding hydrogens is 316 g/mol. The molecule has 7 nitrogen and oxygen atoms in total. The number of carbonyl (C=O) groups excluding carboxylic acids is 1. The van der Waals surface area contributed by atoms with Crippen molar-refractivity contribution >= 4 is 18.6 Å². The molecule has 0 aliphatic carbocycles. The van der Waals surface area contributed by atoms with E-state index in [1.54, 1.807) is 7.05 Å². The van der Waals surface area contributed by atoms with Crippen LogP contribution < -0.4 is 16.0 Å². The van der Waals surface area contributed by atoms with Crippen LogP contribution in [0.5, 0.6) is 0 Å². The van der Waals surface area contributed by atoms with Crippen molar-refractivity contribution < 1.29 is 4.79 Å². The molecule has 0 radical (unpaired) electrons. The van der Waals surface area contributed by atoms with Gasteiger partial charge in [0.2, 0.25) is 11.9 Å². The first-order chi connectivity index (χ1) is 11.9. The van der Waals surface area contributed by atoms with Crippen molar-refractivity contribution in [2.45, 2.75) is 39.2 Å². The summed E-state index contributed by atoms with van der Waals surface area (Å²) < 4.78 is 0. The van der Waals surface area contributed by atoms with Gasteiger partial charge in [-0.1, -0.05) is 20.4 Å². The summed E-state index contributed by atoms with van der Waals surface area (Å²) in [7, 11) is 1.65. The number of carbonyl (C=O) groups is 1. The third-order valence-corrected chi connectivity index (χ3v) is 4.93. The van der Waals surface area contributed by atoms with Crippen LogP contribution in [0.3, 0.4) is 0 Å². The fourth-order valence-electron chi connectivity index (χ4n) is 3.56. The topological polar surface area (TPSA) is 81.1 Å². The van der Waals surface area contributed by atoms with E-state index in [2.05, 4.69) is 58.0 Å². The lowest BCUT2D eigenvalue weighted by Crippen LogP contribution is -2.55. The van der Waals surface area contributed by atoms with Crippen LogP contribution in [0, 0.1) is 11.3 Å². The molecule has 140 valence electrons. The second kappa shape index (κ2) is 8.47. The molecule has 2 heterocycles. The first kappa shape index (κ1) is 19.4. The molecule has 0 aromatic carbocycles. The Morgan fingerprint density at radius 2 is 2.12 bits per heavy atom. The summed E-state index contributed by atoms with van der Waals surface area (Å²) in [6, 6.07) is 0.00279. The maximum absolute atomic E-state index is 11.7. The zero-order valence-electron chi connectivity index (χ0n) is 15.8. The van der Waals surface area contributed by atoms with Crippen LogP contribution in [0.25, 0.3) is 0 Å². The molecule has 1 spiro atoms. The van der Waals surface area contributed by atoms with Gasteiger partial charge in [-0.3, -0.25) is 4.79 Å². The van der Waals surface area contributed by atoms with Crippen molar-refractivity contribution in [3.8, 4) is 0 Å². The molecule has 25 heavy (non-hydrogen) atoms. The Kier molecular flexibility index (Phi) is 6.58. The summed E-state index contributed by atoms with van der Waals surface area (Å²) in [6.07, 6.45) is 2.43. The number of hydrogen-bond acceptors (Lipinski definition) is 4. The monoisotopic (exact) mass is 348 g/mol. The van der Waals surface area contributed by atoms with Gasteiger partial charge in [-0.2, -0.15) is 4.99 Å². The van der Waals surface area contributed by atoms with Gasteiger partial charge in [-0.25, -0.2) is 4.99 Å². The SMILES string of the molecule is C=N/C(=N\C(=C)N[C@H](CC(=O)NC)CC(C)C)N1CCC2(CNC2)C1. The molecule has 1 atom stereocenters. The third-order valence-electron chi connectivity index (χ3n) is 4.93. The molecule has 2 aliphatic rings. The molecule has 3 N–H and O–H groups in total. The van der Waals surface area contributed by atoms with Gasteiger partial charge in [0.1, 0.15) is 5.82 Å². The van der Waals surface area contributed by atoms with Gasteiger partial charge in [0.25, 0.3) is 0 Å². The molecule has 1 amide bonds. The van der Waals surface area contributed by atoms with Gasteiger partial charge in [-0.05, 0) is 25.5 Å². The second-order valence-electron chi connectivity index (χ2n) is 7.64. The van der Waals surface area contributed by atoms with E-state index in [1.165, 1.54) is 0 Å². The van der Waals surface area contributed by atoms with Crippen molar-refractivity contribution in [2.75, 3.05) is 33.2 Å². The summed E-state index contributed by atoms with van der Waals surface area (Å²) in [5.41, 5.74) is 0.375. The largest absolute Gasteiger partial charge is 0.367 e. The van der Waals surface area contributed by atoms with Gasteiger partial charge < -0.3 is 20.9 Å². The van der Waals surface area contributed by atoms with Crippen molar-refractivity contribution in [2.24, 2.45) is 21.3 Å². The van der Waals surface area contributed by atoms with E-state index < -0.39 is 0 Å². The lowest BCUT2D eigenvalue weighted by Gasteiger charge is -2.39. The predicted molar refractivity (Wildman–Crippen MR) is 103 cm³/mol. The van der Waals surface area contributed by atoms with Crippen molar-refractivity contribution in [1.29, 1.82) is 0 Å². The maximum Gasteiger partial charge on any atom is 0.226 e.